The third-order valence-corrected chi connectivity index (χ3v) is 8.23. The van der Waals surface area contributed by atoms with Gasteiger partial charge in [0.2, 0.25) is 15.9 Å². The van der Waals surface area contributed by atoms with Crippen molar-refractivity contribution in [3.63, 3.8) is 0 Å². The number of anilines is 1. The lowest BCUT2D eigenvalue weighted by Gasteiger charge is -2.36. The minimum absolute atomic E-state index is 0.0438. The van der Waals surface area contributed by atoms with Crippen molar-refractivity contribution in [2.24, 2.45) is 0 Å². The third kappa shape index (κ3) is 3.72. The Labute approximate surface area is 191 Å². The zero-order valence-electron chi connectivity index (χ0n) is 17.7. The minimum Gasteiger partial charge on any atom is -0.289 e. The molecule has 170 valence electrons. The van der Waals surface area contributed by atoms with Crippen LogP contribution in [0.15, 0.2) is 71.6 Å². The maximum atomic E-state index is 14.1. The molecule has 0 radical (unpaired) electrons. The van der Waals surface area contributed by atoms with E-state index in [0.29, 0.717) is 5.69 Å². The number of imide groups is 1. The summed E-state index contributed by atoms with van der Waals surface area (Å²) >= 11 is 0. The van der Waals surface area contributed by atoms with E-state index in [2.05, 4.69) is 0 Å². The lowest BCUT2D eigenvalue weighted by Crippen LogP contribution is -2.53. The van der Waals surface area contributed by atoms with Crippen molar-refractivity contribution in [1.29, 1.82) is 0 Å². The van der Waals surface area contributed by atoms with Crippen molar-refractivity contribution in [3.05, 3.63) is 72.5 Å². The molecule has 7 nitrogen and oxygen atoms in total. The molecule has 3 aromatic carbocycles. The van der Waals surface area contributed by atoms with Crippen molar-refractivity contribution >= 4 is 38.3 Å². The van der Waals surface area contributed by atoms with Crippen molar-refractivity contribution in [3.8, 4) is 0 Å². The Kier molecular flexibility index (Phi) is 5.48. The second-order valence-corrected chi connectivity index (χ2v) is 10.1. The summed E-state index contributed by atoms with van der Waals surface area (Å²) in [6.07, 6.45) is 0.0438. The number of piperazine rings is 1. The molecule has 33 heavy (non-hydrogen) atoms. The second-order valence-electron chi connectivity index (χ2n) is 8.16. The number of benzene rings is 3. The van der Waals surface area contributed by atoms with Crippen molar-refractivity contribution < 1.29 is 22.4 Å². The molecule has 2 saturated heterocycles. The van der Waals surface area contributed by atoms with Gasteiger partial charge in [0, 0.05) is 31.6 Å². The number of rotatable bonds is 4. The van der Waals surface area contributed by atoms with E-state index < -0.39 is 21.9 Å². The predicted molar refractivity (Wildman–Crippen MR) is 122 cm³/mol. The normalized spacial score (nSPS) is 20.6. The minimum atomic E-state index is -3.97. The number of carbonyl (C=O) groups excluding carboxylic acids is 2. The topological polar surface area (TPSA) is 78.0 Å². The fourth-order valence-electron chi connectivity index (χ4n) is 4.61. The molecule has 0 aliphatic carbocycles. The van der Waals surface area contributed by atoms with E-state index in [1.54, 1.807) is 6.07 Å². The molecule has 2 heterocycles. The molecule has 5 rings (SSSR count). The third-order valence-electron chi connectivity index (χ3n) is 6.30. The zero-order valence-corrected chi connectivity index (χ0v) is 18.5. The van der Waals surface area contributed by atoms with E-state index in [1.165, 1.54) is 27.4 Å². The van der Waals surface area contributed by atoms with Crippen LogP contribution >= 0.6 is 0 Å². The molecule has 0 bridgehead atoms. The average Bonchev–Trinajstić information content (AvgIpc) is 3.12. The highest BCUT2D eigenvalue weighted by Gasteiger charge is 2.44. The number of hydrogen-bond acceptors (Lipinski definition) is 5. The van der Waals surface area contributed by atoms with Gasteiger partial charge in [-0.15, -0.1) is 0 Å². The first kappa shape index (κ1) is 21.7. The van der Waals surface area contributed by atoms with E-state index in [9.17, 15) is 22.4 Å². The fourth-order valence-corrected chi connectivity index (χ4v) is 6.09. The van der Waals surface area contributed by atoms with E-state index >= 15 is 0 Å². The van der Waals surface area contributed by atoms with Gasteiger partial charge in [0.25, 0.3) is 5.91 Å². The number of carbonyl (C=O) groups is 2. The number of halogens is 1. The highest BCUT2D eigenvalue weighted by molar-refractivity contribution is 7.89. The molecule has 1 atom stereocenters. The molecule has 0 unspecified atom stereocenters. The number of nitrogens with zero attached hydrogens (tertiary/aromatic N) is 3. The van der Waals surface area contributed by atoms with Crippen LogP contribution < -0.4 is 4.90 Å². The number of hydrogen-bond donors (Lipinski definition) is 0. The fraction of sp³-hybridized carbons (Fsp3) is 0.250. The number of sulfonamides is 1. The van der Waals surface area contributed by atoms with Gasteiger partial charge in [-0.1, -0.05) is 48.5 Å². The summed E-state index contributed by atoms with van der Waals surface area (Å²) < 4.78 is 41.0. The zero-order chi connectivity index (χ0) is 23.2. The summed E-state index contributed by atoms with van der Waals surface area (Å²) in [6, 6.07) is 17.7. The van der Waals surface area contributed by atoms with Crippen LogP contribution in [0, 0.1) is 5.82 Å². The largest absolute Gasteiger partial charge is 0.289 e. The van der Waals surface area contributed by atoms with Gasteiger partial charge in [-0.05, 0) is 23.6 Å². The molecule has 0 aromatic heterocycles. The van der Waals surface area contributed by atoms with Gasteiger partial charge in [-0.3, -0.25) is 14.5 Å². The van der Waals surface area contributed by atoms with Crippen LogP contribution in [-0.4, -0.2) is 61.7 Å². The van der Waals surface area contributed by atoms with Crippen LogP contribution in [0.4, 0.5) is 10.1 Å². The van der Waals surface area contributed by atoms with Gasteiger partial charge in [-0.25, -0.2) is 17.7 Å². The molecule has 2 aliphatic heterocycles. The Balaban J connectivity index is 1.33. The molecule has 9 heteroatoms. The summed E-state index contributed by atoms with van der Waals surface area (Å²) in [7, 11) is -3.97. The lowest BCUT2D eigenvalue weighted by molar-refractivity contribution is -0.123. The van der Waals surface area contributed by atoms with Crippen molar-refractivity contribution in [2.45, 2.75) is 17.4 Å². The average molecular weight is 468 g/mol. The van der Waals surface area contributed by atoms with Crippen molar-refractivity contribution in [1.82, 2.24) is 9.21 Å². The van der Waals surface area contributed by atoms with Gasteiger partial charge < -0.3 is 0 Å². The maximum absolute atomic E-state index is 14.1. The standard InChI is InChI=1S/C24H22FN3O4S/c25-19-9-3-4-11-22(19)33(31,32)27-14-12-26(13-15-27)21-16-23(29)28(24(21)30)20-10-5-7-17-6-1-2-8-18(17)20/h1-11,21H,12-16H2/t21-/m0/s1. The number of fused-ring (bicyclic) bond motifs is 1. The van der Waals surface area contributed by atoms with E-state index in [4.69, 9.17) is 0 Å². The first-order chi connectivity index (χ1) is 15.9. The summed E-state index contributed by atoms with van der Waals surface area (Å²) in [5, 5.41) is 1.76. The van der Waals surface area contributed by atoms with Crippen LogP contribution in [0.5, 0.6) is 0 Å². The smallest absolute Gasteiger partial charge is 0.251 e. The van der Waals surface area contributed by atoms with E-state index in [-0.39, 0.29) is 49.3 Å². The Morgan fingerprint density at radius 3 is 2.24 bits per heavy atom. The van der Waals surface area contributed by atoms with E-state index in [0.717, 1.165) is 16.8 Å². The van der Waals surface area contributed by atoms with Gasteiger partial charge in [0.15, 0.2) is 0 Å². The van der Waals surface area contributed by atoms with Crippen LogP contribution in [-0.2, 0) is 19.6 Å². The molecule has 0 saturated carbocycles. The Bertz CT molecular complexity index is 1350. The summed E-state index contributed by atoms with van der Waals surface area (Å²) in [5.41, 5.74) is 0.561. The molecule has 3 aromatic rings. The summed E-state index contributed by atoms with van der Waals surface area (Å²) in [4.78, 5) is 28.9. The van der Waals surface area contributed by atoms with Crippen LogP contribution in [0.25, 0.3) is 10.8 Å². The quantitative estimate of drug-likeness (QED) is 0.552. The maximum Gasteiger partial charge on any atom is 0.251 e. The molecule has 2 aliphatic rings. The molecule has 2 fully saturated rings. The lowest BCUT2D eigenvalue weighted by atomic mass is 10.1. The van der Waals surface area contributed by atoms with E-state index in [1.807, 2.05) is 41.3 Å². The number of amides is 2. The first-order valence-electron chi connectivity index (χ1n) is 10.7. The first-order valence-corrected chi connectivity index (χ1v) is 12.2. The van der Waals surface area contributed by atoms with Crippen LogP contribution in [0.3, 0.4) is 0 Å². The van der Waals surface area contributed by atoms with Gasteiger partial charge >= 0.3 is 0 Å². The van der Waals surface area contributed by atoms with Gasteiger partial charge in [-0.2, -0.15) is 4.31 Å². The Hall–Kier alpha value is -3.14. The van der Waals surface area contributed by atoms with Crippen molar-refractivity contribution in [2.75, 3.05) is 31.1 Å². The predicted octanol–water partition coefficient (Wildman–Crippen LogP) is 2.62. The molecule has 2 amide bonds. The van der Waals surface area contributed by atoms with Gasteiger partial charge in [0.05, 0.1) is 18.2 Å². The second kappa shape index (κ2) is 8.33. The monoisotopic (exact) mass is 467 g/mol. The highest BCUT2D eigenvalue weighted by Crippen LogP contribution is 2.32. The molecular formula is C24H22FN3O4S. The highest BCUT2D eigenvalue weighted by atomic mass is 32.2. The van der Waals surface area contributed by atoms with Crippen LogP contribution in [0.2, 0.25) is 0 Å². The van der Waals surface area contributed by atoms with Gasteiger partial charge in [0.1, 0.15) is 10.7 Å². The van der Waals surface area contributed by atoms with Crippen LogP contribution in [0.1, 0.15) is 6.42 Å². The Morgan fingerprint density at radius 2 is 1.48 bits per heavy atom. The summed E-state index contributed by atoms with van der Waals surface area (Å²) in [5.74, 6) is -1.37. The Morgan fingerprint density at radius 1 is 0.818 bits per heavy atom. The SMILES string of the molecule is O=C1C[C@H](N2CCN(S(=O)(=O)c3ccccc3F)CC2)C(=O)N1c1cccc2ccccc12. The molecular weight excluding hydrogens is 445 g/mol. The molecule has 0 N–H and O–H groups in total. The summed E-state index contributed by atoms with van der Waals surface area (Å²) in [6.45, 7) is 0.785. The molecule has 0 spiro atoms.